The Kier molecular flexibility index (Phi) is 9.11. The van der Waals surface area contributed by atoms with Gasteiger partial charge in [0.15, 0.2) is 0 Å². The van der Waals surface area contributed by atoms with Crippen molar-refractivity contribution in [3.63, 3.8) is 0 Å². The second-order valence-corrected chi connectivity index (χ2v) is 7.77. The maximum Gasteiger partial charge on any atom is 0.417 e. The first kappa shape index (κ1) is 28.7. The lowest BCUT2D eigenvalue weighted by Gasteiger charge is -2.29. The molecule has 36 heavy (non-hydrogen) atoms. The molecule has 0 bridgehead atoms. The summed E-state index contributed by atoms with van der Waals surface area (Å²) in [5, 5.41) is 4.04. The Balaban J connectivity index is 2.32. The highest BCUT2D eigenvalue weighted by Crippen LogP contribution is 2.37. The zero-order valence-electron chi connectivity index (χ0n) is 20.1. The number of halogens is 6. The van der Waals surface area contributed by atoms with Crippen LogP contribution in [0, 0.1) is 0 Å². The first-order valence-electron chi connectivity index (χ1n) is 10.8. The van der Waals surface area contributed by atoms with E-state index in [0.717, 1.165) is 18.2 Å². The van der Waals surface area contributed by atoms with Crippen molar-refractivity contribution in [1.82, 2.24) is 19.7 Å². The van der Waals surface area contributed by atoms with Crippen molar-refractivity contribution >= 4 is 11.5 Å². The van der Waals surface area contributed by atoms with Crippen molar-refractivity contribution in [2.24, 2.45) is 7.05 Å². The minimum absolute atomic E-state index is 0.0739. The zero-order chi connectivity index (χ0) is 27.3. The number of likely N-dealkylation sites (N-methyl/N-ethyl adjacent to an activating group) is 1. The summed E-state index contributed by atoms with van der Waals surface area (Å²) in [5.74, 6) is -0.875. The van der Waals surface area contributed by atoms with Crippen LogP contribution in [0.2, 0.25) is 0 Å². The van der Waals surface area contributed by atoms with Crippen LogP contribution >= 0.6 is 0 Å². The molecule has 12 heteroatoms. The molecule has 0 N–H and O–H groups in total. The number of allylic oxidation sites excluding steroid dienone is 3. The molecule has 0 saturated carbocycles. The van der Waals surface area contributed by atoms with Crippen LogP contribution in [-0.4, -0.2) is 50.9 Å². The van der Waals surface area contributed by atoms with Gasteiger partial charge in [-0.15, -0.1) is 0 Å². The number of aryl methyl sites for hydroxylation is 1. The SMILES string of the molecule is C=C(C(=O)N(CC)[C@@H](C)COc1ccc(C(F)(F)F)cn1)/C(=C(\C=C/C)C(F)(F)F)c1ccn(C)n1. The van der Waals surface area contributed by atoms with Crippen molar-refractivity contribution in [2.75, 3.05) is 13.2 Å². The van der Waals surface area contributed by atoms with Gasteiger partial charge in [-0.1, -0.05) is 18.7 Å². The molecule has 2 aromatic heterocycles. The van der Waals surface area contributed by atoms with E-state index < -0.39 is 46.6 Å². The average molecular weight is 516 g/mol. The molecule has 0 aliphatic carbocycles. The largest absolute Gasteiger partial charge is 0.475 e. The third-order valence-electron chi connectivity index (χ3n) is 5.11. The van der Waals surface area contributed by atoms with E-state index in [4.69, 9.17) is 4.74 Å². The Morgan fingerprint density at radius 1 is 1.22 bits per heavy atom. The summed E-state index contributed by atoms with van der Waals surface area (Å²) in [6.45, 7) is 8.22. The van der Waals surface area contributed by atoms with Crippen molar-refractivity contribution in [2.45, 2.75) is 39.2 Å². The van der Waals surface area contributed by atoms with Crippen LogP contribution in [0.25, 0.3) is 5.57 Å². The molecule has 2 rings (SSSR count). The second-order valence-electron chi connectivity index (χ2n) is 7.77. The Hall–Kier alpha value is -3.57. The van der Waals surface area contributed by atoms with Crippen LogP contribution in [0.4, 0.5) is 26.3 Å². The third-order valence-corrected chi connectivity index (χ3v) is 5.11. The molecule has 2 heterocycles. The Labute approximate surface area is 204 Å². The first-order valence-corrected chi connectivity index (χ1v) is 10.8. The topological polar surface area (TPSA) is 60.3 Å². The van der Waals surface area contributed by atoms with Crippen molar-refractivity contribution in [1.29, 1.82) is 0 Å². The molecule has 0 fully saturated rings. The Morgan fingerprint density at radius 2 is 1.89 bits per heavy atom. The van der Waals surface area contributed by atoms with Crippen molar-refractivity contribution in [3.8, 4) is 5.88 Å². The number of hydrogen-bond acceptors (Lipinski definition) is 4. The maximum atomic E-state index is 13.9. The summed E-state index contributed by atoms with van der Waals surface area (Å²) < 4.78 is 86.6. The molecule has 0 saturated heterocycles. The smallest absolute Gasteiger partial charge is 0.417 e. The van der Waals surface area contributed by atoms with Gasteiger partial charge in [0, 0.05) is 43.2 Å². The van der Waals surface area contributed by atoms with Gasteiger partial charge in [-0.3, -0.25) is 9.48 Å². The van der Waals surface area contributed by atoms with Gasteiger partial charge in [0.2, 0.25) is 5.88 Å². The summed E-state index contributed by atoms with van der Waals surface area (Å²) in [5.41, 5.74) is -2.96. The van der Waals surface area contributed by atoms with Crippen LogP contribution in [0.1, 0.15) is 32.0 Å². The van der Waals surface area contributed by atoms with Crippen LogP contribution in [-0.2, 0) is 18.0 Å². The molecule has 1 amide bonds. The molecule has 0 unspecified atom stereocenters. The van der Waals surface area contributed by atoms with E-state index in [0.29, 0.717) is 6.20 Å². The van der Waals surface area contributed by atoms with E-state index in [2.05, 4.69) is 16.7 Å². The molecule has 0 radical (unpaired) electrons. The summed E-state index contributed by atoms with van der Waals surface area (Å²) in [7, 11) is 1.53. The molecule has 0 aliphatic rings. The van der Waals surface area contributed by atoms with Gasteiger partial charge in [-0.05, 0) is 32.9 Å². The van der Waals surface area contributed by atoms with E-state index in [-0.39, 0.29) is 24.7 Å². The van der Waals surface area contributed by atoms with Gasteiger partial charge < -0.3 is 9.64 Å². The van der Waals surface area contributed by atoms with Crippen LogP contribution in [0.5, 0.6) is 5.88 Å². The molecule has 2 aromatic rings. The number of pyridine rings is 1. The highest BCUT2D eigenvalue weighted by Gasteiger charge is 2.38. The molecule has 0 aromatic carbocycles. The third kappa shape index (κ3) is 6.98. The highest BCUT2D eigenvalue weighted by atomic mass is 19.4. The summed E-state index contributed by atoms with van der Waals surface area (Å²) in [6, 6.07) is 2.52. The number of amides is 1. The van der Waals surface area contributed by atoms with E-state index >= 15 is 0 Å². The molecule has 0 spiro atoms. The summed E-state index contributed by atoms with van der Waals surface area (Å²) in [6.07, 6.45) is -5.22. The fourth-order valence-corrected chi connectivity index (χ4v) is 3.35. The number of carbonyl (C=O) groups is 1. The Bertz CT molecular complexity index is 1130. The van der Waals surface area contributed by atoms with Gasteiger partial charge in [0.25, 0.3) is 5.91 Å². The van der Waals surface area contributed by atoms with Gasteiger partial charge in [-0.25, -0.2) is 4.98 Å². The lowest BCUT2D eigenvalue weighted by Crippen LogP contribution is -2.42. The van der Waals surface area contributed by atoms with E-state index in [1.807, 2.05) is 0 Å². The predicted octanol–water partition coefficient (Wildman–Crippen LogP) is 5.60. The lowest BCUT2D eigenvalue weighted by atomic mass is 9.95. The number of ether oxygens (including phenoxy) is 1. The van der Waals surface area contributed by atoms with Gasteiger partial charge >= 0.3 is 12.4 Å². The molecule has 196 valence electrons. The minimum Gasteiger partial charge on any atom is -0.475 e. The van der Waals surface area contributed by atoms with Gasteiger partial charge in [0.05, 0.1) is 22.9 Å². The average Bonchev–Trinajstić information content (AvgIpc) is 3.22. The molecule has 6 nitrogen and oxygen atoms in total. The number of rotatable bonds is 9. The summed E-state index contributed by atoms with van der Waals surface area (Å²) in [4.78, 5) is 18.2. The number of nitrogens with zero attached hydrogens (tertiary/aromatic N) is 4. The van der Waals surface area contributed by atoms with Gasteiger partial charge in [-0.2, -0.15) is 31.4 Å². The summed E-state index contributed by atoms with van der Waals surface area (Å²) >= 11 is 0. The molecular formula is C24H26F6N4O2. The standard InChI is InChI=1S/C24H26F6N4O2/c1-6-8-18(24(28,29)30)21(19-11-12-33(5)32-19)16(4)22(35)34(7-2)15(3)14-36-20-10-9-17(13-31-20)23(25,26)27/h6,8-13,15H,4,7,14H2,1-3,5H3/b8-6-,21-18-/t15-/m0/s1. The van der Waals surface area contributed by atoms with Crippen LogP contribution in [0.15, 0.2) is 60.5 Å². The fourth-order valence-electron chi connectivity index (χ4n) is 3.35. The molecule has 0 aliphatic heterocycles. The molecule has 1 atom stereocenters. The van der Waals surface area contributed by atoms with Crippen molar-refractivity contribution < 1.29 is 35.9 Å². The first-order chi connectivity index (χ1) is 16.7. The number of hydrogen-bond donors (Lipinski definition) is 0. The lowest BCUT2D eigenvalue weighted by molar-refractivity contribution is -0.138. The second kappa shape index (κ2) is 11.4. The Morgan fingerprint density at radius 3 is 2.33 bits per heavy atom. The van der Waals surface area contributed by atoms with Crippen LogP contribution < -0.4 is 4.74 Å². The van der Waals surface area contributed by atoms with E-state index in [9.17, 15) is 31.1 Å². The van der Waals surface area contributed by atoms with Crippen molar-refractivity contribution in [3.05, 3.63) is 71.7 Å². The van der Waals surface area contributed by atoms with Gasteiger partial charge in [0.1, 0.15) is 6.61 Å². The normalized spacial score (nSPS) is 13.9. The van der Waals surface area contributed by atoms with Crippen LogP contribution in [0.3, 0.4) is 0 Å². The fraction of sp³-hybridized carbons (Fsp3) is 0.375. The highest BCUT2D eigenvalue weighted by molar-refractivity contribution is 6.09. The molecular weight excluding hydrogens is 490 g/mol. The monoisotopic (exact) mass is 516 g/mol. The zero-order valence-corrected chi connectivity index (χ0v) is 20.1. The minimum atomic E-state index is -4.79. The number of aromatic nitrogens is 3. The van der Waals surface area contributed by atoms with E-state index in [1.165, 1.54) is 41.9 Å². The number of carbonyl (C=O) groups excluding carboxylic acids is 1. The number of alkyl halides is 6. The maximum absolute atomic E-state index is 13.9. The quantitative estimate of drug-likeness (QED) is 0.247. The predicted molar refractivity (Wildman–Crippen MR) is 122 cm³/mol. The van der Waals surface area contributed by atoms with E-state index in [1.54, 1.807) is 13.8 Å².